The first-order valence-corrected chi connectivity index (χ1v) is 9.53. The van der Waals surface area contributed by atoms with Gasteiger partial charge in [0.25, 0.3) is 0 Å². The van der Waals surface area contributed by atoms with Crippen LogP contribution in [0.25, 0.3) is 0 Å². The molecule has 2 aromatic heterocycles. The van der Waals surface area contributed by atoms with Crippen LogP contribution in [-0.4, -0.2) is 62.6 Å². The Kier molecular flexibility index (Phi) is 6.76. The van der Waals surface area contributed by atoms with Crippen LogP contribution in [0.4, 0.5) is 13.2 Å². The number of halogens is 3. The lowest BCUT2D eigenvalue weighted by atomic mass is 9.98. The number of carbonyl (C=O) groups is 1. The van der Waals surface area contributed by atoms with Crippen LogP contribution >= 0.6 is 0 Å². The minimum Gasteiger partial charge on any atom is -0.475 e. The number of carboxylic acids is 1. The monoisotopic (exact) mass is 431 g/mol. The Hall–Kier alpha value is -2.47. The van der Waals surface area contributed by atoms with Crippen molar-refractivity contribution >= 4 is 5.97 Å². The van der Waals surface area contributed by atoms with Gasteiger partial charge in [0.05, 0.1) is 18.0 Å². The normalized spacial score (nSPS) is 19.2. The number of rotatable bonds is 6. The third-order valence-corrected chi connectivity index (χ3v) is 4.89. The summed E-state index contributed by atoms with van der Waals surface area (Å²) in [7, 11) is 1.76. The smallest absolute Gasteiger partial charge is 0.475 e. The third kappa shape index (κ3) is 5.79. The van der Waals surface area contributed by atoms with Crippen LogP contribution in [-0.2, 0) is 29.2 Å². The molecule has 1 unspecified atom stereocenters. The van der Waals surface area contributed by atoms with E-state index in [-0.39, 0.29) is 0 Å². The largest absolute Gasteiger partial charge is 0.490 e. The summed E-state index contributed by atoms with van der Waals surface area (Å²) in [6.45, 7) is 6.13. The van der Waals surface area contributed by atoms with Crippen molar-refractivity contribution in [3.05, 3.63) is 28.9 Å². The number of carboxylic acid groups (broad SMARTS) is 1. The Morgan fingerprint density at radius 2 is 2.10 bits per heavy atom. The number of fused-ring (bicyclic) bond motifs is 1. The van der Waals surface area contributed by atoms with Crippen LogP contribution in [0.5, 0.6) is 0 Å². The molecule has 0 bridgehead atoms. The number of alkyl halides is 3. The maximum absolute atomic E-state index is 10.6. The highest BCUT2D eigenvalue weighted by Crippen LogP contribution is 2.34. The predicted octanol–water partition coefficient (Wildman–Crippen LogP) is 2.36. The lowest BCUT2D eigenvalue weighted by Crippen LogP contribution is -2.36. The van der Waals surface area contributed by atoms with E-state index in [0.29, 0.717) is 12.5 Å². The standard InChI is InChI=1S/C16H23N5O2.C2HF3O2/c1-11-5-14(18-23-11)8-20-7-13(10-22-2)16-15(9-20)17-19-21(16)6-12-3-4-12;3-2(4,5)1(6)7/h5,12-13H,3-4,6-10H2,1-2H3;(H,6,7). The zero-order chi connectivity index (χ0) is 21.9. The molecule has 2 aromatic rings. The molecule has 1 N–H and O–H groups in total. The highest BCUT2D eigenvalue weighted by Gasteiger charge is 2.38. The minimum absolute atomic E-state index is 0.311. The summed E-state index contributed by atoms with van der Waals surface area (Å²) in [5.41, 5.74) is 3.32. The van der Waals surface area contributed by atoms with Gasteiger partial charge in [-0.2, -0.15) is 13.2 Å². The summed E-state index contributed by atoms with van der Waals surface area (Å²) in [4.78, 5) is 11.2. The Balaban J connectivity index is 0.000000318. The second-order valence-electron chi connectivity index (χ2n) is 7.60. The third-order valence-electron chi connectivity index (χ3n) is 4.89. The van der Waals surface area contributed by atoms with Crippen molar-refractivity contribution in [1.29, 1.82) is 0 Å². The number of hydrogen-bond donors (Lipinski definition) is 1. The molecule has 1 atom stereocenters. The average Bonchev–Trinajstić information content (AvgIpc) is 3.24. The Labute approximate surface area is 170 Å². The van der Waals surface area contributed by atoms with E-state index in [9.17, 15) is 13.2 Å². The Morgan fingerprint density at radius 1 is 1.40 bits per heavy atom. The summed E-state index contributed by atoms with van der Waals surface area (Å²) in [5.74, 6) is -0.806. The van der Waals surface area contributed by atoms with Crippen molar-refractivity contribution in [3.8, 4) is 0 Å². The molecule has 30 heavy (non-hydrogen) atoms. The molecule has 12 heteroatoms. The van der Waals surface area contributed by atoms with Gasteiger partial charge in [0, 0.05) is 45.3 Å². The van der Waals surface area contributed by atoms with Gasteiger partial charge in [-0.3, -0.25) is 4.90 Å². The molecule has 4 rings (SSSR count). The number of aryl methyl sites for hydroxylation is 1. The molecule has 166 valence electrons. The van der Waals surface area contributed by atoms with Crippen LogP contribution in [0.15, 0.2) is 10.6 Å². The number of aliphatic carboxylic acids is 1. The number of nitrogens with zero attached hydrogens (tertiary/aromatic N) is 5. The van der Waals surface area contributed by atoms with Crippen LogP contribution in [0.1, 0.15) is 41.6 Å². The predicted molar refractivity (Wildman–Crippen MR) is 96.4 cm³/mol. The van der Waals surface area contributed by atoms with Gasteiger partial charge in [-0.25, -0.2) is 9.48 Å². The first-order valence-electron chi connectivity index (χ1n) is 9.53. The van der Waals surface area contributed by atoms with E-state index in [1.54, 1.807) is 7.11 Å². The van der Waals surface area contributed by atoms with E-state index in [4.69, 9.17) is 19.2 Å². The second kappa shape index (κ2) is 9.13. The molecule has 0 spiro atoms. The van der Waals surface area contributed by atoms with Crippen molar-refractivity contribution in [2.45, 2.75) is 51.5 Å². The summed E-state index contributed by atoms with van der Waals surface area (Å²) in [5, 5.41) is 20.1. The number of methoxy groups -OCH3 is 1. The van der Waals surface area contributed by atoms with E-state index in [1.165, 1.54) is 18.5 Å². The molecular formula is C18H24F3N5O4. The fraction of sp³-hybridized carbons (Fsp3) is 0.667. The van der Waals surface area contributed by atoms with Crippen molar-refractivity contribution < 1.29 is 32.3 Å². The van der Waals surface area contributed by atoms with Gasteiger partial charge in [-0.15, -0.1) is 5.10 Å². The summed E-state index contributed by atoms with van der Waals surface area (Å²) < 4.78 is 44.5. The summed E-state index contributed by atoms with van der Waals surface area (Å²) >= 11 is 0. The van der Waals surface area contributed by atoms with Crippen molar-refractivity contribution in [3.63, 3.8) is 0 Å². The number of aromatic nitrogens is 4. The lowest BCUT2D eigenvalue weighted by Gasteiger charge is -2.31. The maximum atomic E-state index is 10.6. The fourth-order valence-electron chi connectivity index (χ4n) is 3.44. The van der Waals surface area contributed by atoms with Gasteiger partial charge < -0.3 is 14.4 Å². The van der Waals surface area contributed by atoms with Crippen molar-refractivity contribution in [2.75, 3.05) is 20.3 Å². The molecule has 1 saturated carbocycles. The highest BCUT2D eigenvalue weighted by molar-refractivity contribution is 5.73. The Morgan fingerprint density at radius 3 is 2.63 bits per heavy atom. The first-order chi connectivity index (χ1) is 14.2. The second-order valence-corrected chi connectivity index (χ2v) is 7.60. The molecule has 1 aliphatic heterocycles. The maximum Gasteiger partial charge on any atom is 0.490 e. The van der Waals surface area contributed by atoms with E-state index >= 15 is 0 Å². The van der Waals surface area contributed by atoms with Gasteiger partial charge in [0.2, 0.25) is 0 Å². The zero-order valence-electron chi connectivity index (χ0n) is 16.7. The topological polar surface area (TPSA) is 107 Å². The lowest BCUT2D eigenvalue weighted by molar-refractivity contribution is -0.192. The highest BCUT2D eigenvalue weighted by atomic mass is 19.4. The molecule has 1 fully saturated rings. The SMILES string of the molecule is COCC1CN(Cc2cc(C)on2)Cc2nnn(CC3CC3)c21.O=C(O)C(F)(F)F. The molecule has 9 nitrogen and oxygen atoms in total. The summed E-state index contributed by atoms with van der Waals surface area (Å²) in [6.07, 6.45) is -2.44. The minimum atomic E-state index is -5.08. The van der Waals surface area contributed by atoms with Crippen LogP contribution in [0.2, 0.25) is 0 Å². The molecule has 0 aromatic carbocycles. The van der Waals surface area contributed by atoms with E-state index < -0.39 is 12.1 Å². The Bertz CT molecular complexity index is 862. The molecule has 1 aliphatic carbocycles. The molecular weight excluding hydrogens is 407 g/mol. The van der Waals surface area contributed by atoms with Crippen LogP contribution in [0.3, 0.4) is 0 Å². The van der Waals surface area contributed by atoms with Gasteiger partial charge in [0.15, 0.2) is 0 Å². The zero-order valence-corrected chi connectivity index (χ0v) is 16.7. The molecule has 0 radical (unpaired) electrons. The first kappa shape index (κ1) is 22.2. The fourth-order valence-corrected chi connectivity index (χ4v) is 3.44. The van der Waals surface area contributed by atoms with Crippen LogP contribution < -0.4 is 0 Å². The summed E-state index contributed by atoms with van der Waals surface area (Å²) in [6, 6.07) is 1.99. The number of hydrogen-bond acceptors (Lipinski definition) is 7. The van der Waals surface area contributed by atoms with E-state index in [2.05, 4.69) is 25.1 Å². The molecule has 0 saturated heterocycles. The van der Waals surface area contributed by atoms with E-state index in [1.807, 2.05) is 13.0 Å². The van der Waals surface area contributed by atoms with Gasteiger partial charge in [-0.1, -0.05) is 10.4 Å². The van der Waals surface area contributed by atoms with Crippen molar-refractivity contribution in [2.24, 2.45) is 5.92 Å². The van der Waals surface area contributed by atoms with Crippen LogP contribution in [0, 0.1) is 12.8 Å². The van der Waals surface area contributed by atoms with Crippen molar-refractivity contribution in [1.82, 2.24) is 25.1 Å². The van der Waals surface area contributed by atoms with Gasteiger partial charge in [-0.05, 0) is 25.7 Å². The quantitative estimate of drug-likeness (QED) is 0.743. The molecule has 0 amide bonds. The molecule has 2 aliphatic rings. The van der Waals surface area contributed by atoms with Gasteiger partial charge >= 0.3 is 12.1 Å². The van der Waals surface area contributed by atoms with Gasteiger partial charge in [0.1, 0.15) is 11.5 Å². The molecule has 3 heterocycles. The number of ether oxygens (including phenoxy) is 1. The average molecular weight is 431 g/mol. The van der Waals surface area contributed by atoms with E-state index in [0.717, 1.165) is 49.2 Å².